The van der Waals surface area contributed by atoms with E-state index >= 15 is 0 Å². The zero-order valence-corrected chi connectivity index (χ0v) is 12.8. The third-order valence-corrected chi connectivity index (χ3v) is 3.42. The Kier molecular flexibility index (Phi) is 3.97. The van der Waals surface area contributed by atoms with E-state index in [4.69, 9.17) is 0 Å². The topological polar surface area (TPSA) is 70.7 Å². The summed E-state index contributed by atoms with van der Waals surface area (Å²) >= 11 is 3.37. The molecule has 1 amide bonds. The Balaban J connectivity index is 1.80. The highest BCUT2D eigenvalue weighted by Gasteiger charge is 2.14. The number of H-pyrrole nitrogens is 1. The van der Waals surface area contributed by atoms with Crippen LogP contribution in [0.15, 0.2) is 53.0 Å². The Morgan fingerprint density at radius 2 is 2.00 bits per heavy atom. The van der Waals surface area contributed by atoms with Gasteiger partial charge in [-0.25, -0.2) is 4.39 Å². The number of anilines is 1. The lowest BCUT2D eigenvalue weighted by Gasteiger charge is -2.01. The first-order chi connectivity index (χ1) is 10.6. The highest BCUT2D eigenvalue weighted by molar-refractivity contribution is 9.10. The lowest BCUT2D eigenvalue weighted by Crippen LogP contribution is -2.14. The van der Waals surface area contributed by atoms with Crippen LogP contribution in [0.4, 0.5) is 10.3 Å². The molecule has 0 bridgehead atoms. The van der Waals surface area contributed by atoms with Crippen LogP contribution in [0.25, 0.3) is 11.4 Å². The summed E-state index contributed by atoms with van der Waals surface area (Å²) in [6.45, 7) is 0. The number of hydrogen-bond acceptors (Lipinski definition) is 3. The lowest BCUT2D eigenvalue weighted by atomic mass is 10.2. The van der Waals surface area contributed by atoms with Gasteiger partial charge in [0.15, 0.2) is 5.82 Å². The average molecular weight is 361 g/mol. The fraction of sp³-hybridized carbons (Fsp3) is 0. The van der Waals surface area contributed by atoms with E-state index in [0.717, 1.165) is 10.0 Å². The smallest absolute Gasteiger partial charge is 0.261 e. The molecule has 7 heteroatoms. The quantitative estimate of drug-likeness (QED) is 0.749. The summed E-state index contributed by atoms with van der Waals surface area (Å²) in [5.74, 6) is -0.603. The van der Waals surface area contributed by atoms with Gasteiger partial charge in [0.25, 0.3) is 5.91 Å². The van der Waals surface area contributed by atoms with Gasteiger partial charge in [-0.05, 0) is 24.3 Å². The number of hydrogen-bond donors (Lipinski definition) is 2. The van der Waals surface area contributed by atoms with E-state index in [9.17, 15) is 9.18 Å². The van der Waals surface area contributed by atoms with E-state index < -0.39 is 11.7 Å². The first-order valence-corrected chi connectivity index (χ1v) is 7.17. The number of amides is 1. The van der Waals surface area contributed by atoms with Gasteiger partial charge in [-0.3, -0.25) is 15.2 Å². The molecule has 3 rings (SSSR count). The minimum Gasteiger partial charge on any atom is -0.289 e. The van der Waals surface area contributed by atoms with Gasteiger partial charge in [-0.15, -0.1) is 5.10 Å². The molecule has 0 unspecified atom stereocenters. The molecule has 0 spiro atoms. The van der Waals surface area contributed by atoms with E-state index in [1.807, 2.05) is 24.3 Å². The maximum atomic E-state index is 13.5. The van der Waals surface area contributed by atoms with Crippen molar-refractivity contribution in [1.82, 2.24) is 15.2 Å². The Hall–Kier alpha value is -2.54. The second-order valence-corrected chi connectivity index (χ2v) is 5.37. The Bertz CT molecular complexity index is 834. The number of carbonyl (C=O) groups is 1. The van der Waals surface area contributed by atoms with Crippen LogP contribution in [-0.2, 0) is 0 Å². The molecule has 22 heavy (non-hydrogen) atoms. The molecule has 0 fully saturated rings. The van der Waals surface area contributed by atoms with Gasteiger partial charge in [0.05, 0.1) is 5.56 Å². The van der Waals surface area contributed by atoms with Gasteiger partial charge in [0.2, 0.25) is 5.95 Å². The predicted molar refractivity (Wildman–Crippen MR) is 83.9 cm³/mol. The second kappa shape index (κ2) is 6.07. The Labute approximate surface area is 133 Å². The van der Waals surface area contributed by atoms with Crippen LogP contribution in [0.2, 0.25) is 0 Å². The van der Waals surface area contributed by atoms with Crippen LogP contribution in [-0.4, -0.2) is 21.1 Å². The molecule has 2 aromatic carbocycles. The van der Waals surface area contributed by atoms with Crippen molar-refractivity contribution in [2.45, 2.75) is 0 Å². The number of nitrogens with zero attached hydrogens (tertiary/aromatic N) is 2. The minimum atomic E-state index is -0.599. The van der Waals surface area contributed by atoms with Crippen LogP contribution in [0.5, 0.6) is 0 Å². The minimum absolute atomic E-state index is 0.0590. The molecule has 0 radical (unpaired) electrons. The number of aromatic nitrogens is 3. The number of halogens is 2. The van der Waals surface area contributed by atoms with Crippen molar-refractivity contribution in [3.63, 3.8) is 0 Å². The van der Waals surface area contributed by atoms with E-state index in [1.54, 1.807) is 6.07 Å². The summed E-state index contributed by atoms with van der Waals surface area (Å²) < 4.78 is 14.4. The van der Waals surface area contributed by atoms with Gasteiger partial charge in [0.1, 0.15) is 5.82 Å². The fourth-order valence-corrected chi connectivity index (χ4v) is 2.30. The molecular formula is C15H10BrFN4O. The summed E-state index contributed by atoms with van der Waals surface area (Å²) in [4.78, 5) is 16.2. The van der Waals surface area contributed by atoms with Crippen molar-refractivity contribution in [2.24, 2.45) is 0 Å². The van der Waals surface area contributed by atoms with Crippen molar-refractivity contribution in [2.75, 3.05) is 5.32 Å². The number of aromatic amines is 1. The largest absolute Gasteiger partial charge is 0.289 e. The van der Waals surface area contributed by atoms with E-state index in [-0.39, 0.29) is 11.5 Å². The van der Waals surface area contributed by atoms with Gasteiger partial charge < -0.3 is 0 Å². The molecule has 3 aromatic rings. The standard InChI is InChI=1S/C15H10BrFN4O/c16-10-5-3-4-9(8-10)13-18-15(21-20-13)19-14(22)11-6-1-2-7-12(11)17/h1-8H,(H2,18,19,20,21,22). The highest BCUT2D eigenvalue weighted by atomic mass is 79.9. The fourth-order valence-electron chi connectivity index (χ4n) is 1.90. The maximum Gasteiger partial charge on any atom is 0.261 e. The summed E-state index contributed by atoms with van der Waals surface area (Å²) in [5, 5.41) is 9.10. The Morgan fingerprint density at radius 3 is 2.77 bits per heavy atom. The maximum absolute atomic E-state index is 13.5. The van der Waals surface area contributed by atoms with Crippen LogP contribution in [0, 0.1) is 5.82 Å². The molecule has 1 heterocycles. The van der Waals surface area contributed by atoms with Crippen molar-refractivity contribution < 1.29 is 9.18 Å². The monoisotopic (exact) mass is 360 g/mol. The molecule has 5 nitrogen and oxygen atoms in total. The van der Waals surface area contributed by atoms with Gasteiger partial charge in [-0.1, -0.05) is 40.2 Å². The first kappa shape index (κ1) is 14.4. The third-order valence-electron chi connectivity index (χ3n) is 2.93. The molecule has 0 aliphatic heterocycles. The zero-order chi connectivity index (χ0) is 15.5. The van der Waals surface area contributed by atoms with Crippen LogP contribution >= 0.6 is 15.9 Å². The molecular weight excluding hydrogens is 351 g/mol. The lowest BCUT2D eigenvalue weighted by molar-refractivity contribution is 0.102. The number of carbonyl (C=O) groups excluding carboxylic acids is 1. The Morgan fingerprint density at radius 1 is 1.18 bits per heavy atom. The third kappa shape index (κ3) is 3.04. The average Bonchev–Trinajstić information content (AvgIpc) is 2.96. The summed E-state index contributed by atoms with van der Waals surface area (Å²) in [7, 11) is 0. The molecule has 0 aliphatic rings. The predicted octanol–water partition coefficient (Wildman–Crippen LogP) is 3.63. The highest BCUT2D eigenvalue weighted by Crippen LogP contribution is 2.20. The summed E-state index contributed by atoms with van der Waals surface area (Å²) in [5.41, 5.74) is 0.754. The van der Waals surface area contributed by atoms with Crippen molar-refractivity contribution >= 4 is 27.8 Å². The summed E-state index contributed by atoms with van der Waals surface area (Å²) in [6, 6.07) is 13.2. The van der Waals surface area contributed by atoms with Crippen LogP contribution < -0.4 is 5.32 Å². The van der Waals surface area contributed by atoms with Crippen LogP contribution in [0.3, 0.4) is 0 Å². The molecule has 110 valence electrons. The number of rotatable bonds is 3. The van der Waals surface area contributed by atoms with E-state index in [2.05, 4.69) is 36.4 Å². The SMILES string of the molecule is O=C(Nc1n[nH]c(-c2cccc(Br)c2)n1)c1ccccc1F. The molecule has 0 atom stereocenters. The molecule has 1 aromatic heterocycles. The first-order valence-electron chi connectivity index (χ1n) is 6.38. The normalized spacial score (nSPS) is 10.5. The zero-order valence-electron chi connectivity index (χ0n) is 11.2. The molecule has 0 saturated heterocycles. The van der Waals surface area contributed by atoms with Crippen LogP contribution in [0.1, 0.15) is 10.4 Å². The van der Waals surface area contributed by atoms with Crippen molar-refractivity contribution in [3.8, 4) is 11.4 Å². The van der Waals surface area contributed by atoms with E-state index in [1.165, 1.54) is 18.2 Å². The number of benzene rings is 2. The molecule has 0 aliphatic carbocycles. The molecule has 0 saturated carbocycles. The second-order valence-electron chi connectivity index (χ2n) is 4.45. The van der Waals surface area contributed by atoms with Gasteiger partial charge in [0, 0.05) is 10.0 Å². The summed E-state index contributed by atoms with van der Waals surface area (Å²) in [6.07, 6.45) is 0. The van der Waals surface area contributed by atoms with Crippen molar-refractivity contribution in [3.05, 3.63) is 64.4 Å². The van der Waals surface area contributed by atoms with E-state index in [0.29, 0.717) is 5.82 Å². The van der Waals surface area contributed by atoms with Gasteiger partial charge in [-0.2, -0.15) is 4.98 Å². The van der Waals surface area contributed by atoms with Gasteiger partial charge >= 0.3 is 0 Å². The van der Waals surface area contributed by atoms with Crippen molar-refractivity contribution in [1.29, 1.82) is 0 Å². The molecule has 2 N–H and O–H groups in total. The number of nitrogens with one attached hydrogen (secondary N) is 2.